The molecule has 0 unspecified atom stereocenters. The second-order valence-electron chi connectivity index (χ2n) is 6.69. The van der Waals surface area contributed by atoms with Gasteiger partial charge in [0, 0.05) is 23.4 Å². The number of para-hydroxylation sites is 2. The van der Waals surface area contributed by atoms with Crippen molar-refractivity contribution < 1.29 is 19.2 Å². The monoisotopic (exact) mass is 432 g/mol. The molecule has 3 aromatic rings. The lowest BCUT2D eigenvalue weighted by molar-refractivity contribution is -0.384. The second kappa shape index (κ2) is 10.5. The molecule has 0 aromatic heterocycles. The lowest BCUT2D eigenvalue weighted by Gasteiger charge is -2.08. The van der Waals surface area contributed by atoms with Crippen LogP contribution in [0.3, 0.4) is 0 Å². The summed E-state index contributed by atoms with van der Waals surface area (Å²) in [5.74, 6) is -0.788. The number of benzene rings is 3. The van der Waals surface area contributed by atoms with Gasteiger partial charge in [-0.2, -0.15) is 5.10 Å². The number of hydrogen-bond donors (Lipinski definition) is 2. The highest BCUT2D eigenvalue weighted by Gasteiger charge is 2.13. The van der Waals surface area contributed by atoms with E-state index in [-0.39, 0.29) is 29.5 Å². The average molecular weight is 432 g/mol. The number of anilines is 1. The number of rotatable bonds is 8. The standard InChI is InChI=1S/C23H20N4O5/c1-16-6-2-4-8-20(16)24-15-22(28)26-25-14-18-7-3-5-9-21(18)32-23(29)17-10-12-19(13-11-17)27(30)31/h2-14,24H,15H2,1H3,(H,26,28)/b25-14+. The molecule has 9 nitrogen and oxygen atoms in total. The molecule has 0 aliphatic carbocycles. The summed E-state index contributed by atoms with van der Waals surface area (Å²) in [5, 5.41) is 17.7. The Hall–Kier alpha value is -4.53. The first kappa shape index (κ1) is 22.2. The summed E-state index contributed by atoms with van der Waals surface area (Å²) in [4.78, 5) is 34.6. The zero-order chi connectivity index (χ0) is 22.9. The van der Waals surface area contributed by atoms with Gasteiger partial charge in [0.2, 0.25) is 0 Å². The number of ether oxygens (including phenoxy) is 1. The highest BCUT2D eigenvalue weighted by atomic mass is 16.6. The number of nitro groups is 1. The number of hydrogen-bond acceptors (Lipinski definition) is 7. The number of nitrogens with one attached hydrogen (secondary N) is 2. The molecule has 0 saturated carbocycles. The molecule has 0 radical (unpaired) electrons. The zero-order valence-corrected chi connectivity index (χ0v) is 17.1. The van der Waals surface area contributed by atoms with Crippen LogP contribution in [0.25, 0.3) is 0 Å². The molecule has 9 heteroatoms. The van der Waals surface area contributed by atoms with Crippen molar-refractivity contribution in [3.05, 3.63) is 99.6 Å². The fourth-order valence-electron chi connectivity index (χ4n) is 2.72. The Morgan fingerprint density at radius 2 is 1.72 bits per heavy atom. The van der Waals surface area contributed by atoms with Gasteiger partial charge in [0.1, 0.15) is 5.75 Å². The number of carbonyl (C=O) groups is 2. The van der Waals surface area contributed by atoms with Crippen LogP contribution >= 0.6 is 0 Å². The van der Waals surface area contributed by atoms with Crippen LogP contribution in [0.2, 0.25) is 0 Å². The third-order valence-electron chi connectivity index (χ3n) is 4.41. The van der Waals surface area contributed by atoms with Crippen LogP contribution in [0.5, 0.6) is 5.75 Å². The highest BCUT2D eigenvalue weighted by molar-refractivity contribution is 5.93. The van der Waals surface area contributed by atoms with Gasteiger partial charge in [-0.05, 0) is 42.8 Å². The summed E-state index contributed by atoms with van der Waals surface area (Å²) in [5.41, 5.74) is 4.80. The minimum atomic E-state index is -0.674. The predicted octanol–water partition coefficient (Wildman–Crippen LogP) is 3.68. The van der Waals surface area contributed by atoms with E-state index < -0.39 is 10.9 Å². The van der Waals surface area contributed by atoms with E-state index in [2.05, 4.69) is 15.8 Å². The van der Waals surface area contributed by atoms with E-state index in [1.54, 1.807) is 24.3 Å². The summed E-state index contributed by atoms with van der Waals surface area (Å²) in [6, 6.07) is 19.3. The van der Waals surface area contributed by atoms with E-state index in [9.17, 15) is 19.7 Å². The quantitative estimate of drug-likeness (QED) is 0.184. The molecule has 3 rings (SSSR count). The molecule has 0 saturated heterocycles. The molecule has 0 fully saturated rings. The number of nitro benzene ring substituents is 1. The van der Waals surface area contributed by atoms with Crippen LogP contribution in [0.15, 0.2) is 77.9 Å². The summed E-state index contributed by atoms with van der Waals surface area (Å²) in [7, 11) is 0. The summed E-state index contributed by atoms with van der Waals surface area (Å²) >= 11 is 0. The number of hydrazone groups is 1. The van der Waals surface area contributed by atoms with Gasteiger partial charge in [-0.25, -0.2) is 10.2 Å². The van der Waals surface area contributed by atoms with E-state index in [1.165, 1.54) is 30.5 Å². The molecule has 0 spiro atoms. The summed E-state index contributed by atoms with van der Waals surface area (Å²) < 4.78 is 5.38. The van der Waals surface area contributed by atoms with E-state index >= 15 is 0 Å². The molecular formula is C23H20N4O5. The van der Waals surface area contributed by atoms with Gasteiger partial charge >= 0.3 is 5.97 Å². The molecular weight excluding hydrogens is 412 g/mol. The number of non-ortho nitro benzene ring substituents is 1. The largest absolute Gasteiger partial charge is 0.422 e. The van der Waals surface area contributed by atoms with Gasteiger partial charge < -0.3 is 10.1 Å². The van der Waals surface area contributed by atoms with E-state index in [0.29, 0.717) is 5.56 Å². The molecule has 0 aliphatic rings. The lowest BCUT2D eigenvalue weighted by atomic mass is 10.2. The van der Waals surface area contributed by atoms with Crippen molar-refractivity contribution in [2.75, 3.05) is 11.9 Å². The van der Waals surface area contributed by atoms with Crippen LogP contribution in [-0.2, 0) is 4.79 Å². The van der Waals surface area contributed by atoms with Gasteiger partial charge in [-0.15, -0.1) is 0 Å². The normalized spacial score (nSPS) is 10.5. The number of esters is 1. The average Bonchev–Trinajstić information content (AvgIpc) is 2.79. The zero-order valence-electron chi connectivity index (χ0n) is 17.1. The molecule has 0 heterocycles. The van der Waals surface area contributed by atoms with Crippen molar-refractivity contribution in [2.24, 2.45) is 5.10 Å². The third kappa shape index (κ3) is 5.99. The van der Waals surface area contributed by atoms with Gasteiger partial charge in [0.05, 0.1) is 23.2 Å². The van der Waals surface area contributed by atoms with Crippen LogP contribution in [0.1, 0.15) is 21.5 Å². The maximum Gasteiger partial charge on any atom is 0.343 e. The fourth-order valence-corrected chi connectivity index (χ4v) is 2.72. The number of nitrogens with zero attached hydrogens (tertiary/aromatic N) is 2. The Kier molecular flexibility index (Phi) is 7.26. The first-order valence-corrected chi connectivity index (χ1v) is 9.61. The molecule has 0 bridgehead atoms. The minimum Gasteiger partial charge on any atom is -0.422 e. The van der Waals surface area contributed by atoms with E-state index in [0.717, 1.165) is 11.3 Å². The van der Waals surface area contributed by atoms with Crippen molar-refractivity contribution >= 4 is 29.5 Å². The molecule has 32 heavy (non-hydrogen) atoms. The maximum absolute atomic E-state index is 12.4. The Balaban J connectivity index is 1.59. The lowest BCUT2D eigenvalue weighted by Crippen LogP contribution is -2.26. The molecule has 162 valence electrons. The first-order chi connectivity index (χ1) is 15.4. The van der Waals surface area contributed by atoms with Gasteiger partial charge in [-0.1, -0.05) is 30.3 Å². The van der Waals surface area contributed by atoms with Crippen molar-refractivity contribution in [1.29, 1.82) is 0 Å². The van der Waals surface area contributed by atoms with Gasteiger partial charge in [-0.3, -0.25) is 14.9 Å². The van der Waals surface area contributed by atoms with Crippen molar-refractivity contribution in [3.63, 3.8) is 0 Å². The fraction of sp³-hybridized carbons (Fsp3) is 0.0870. The molecule has 1 amide bonds. The number of amides is 1. The van der Waals surface area contributed by atoms with Crippen LogP contribution in [0.4, 0.5) is 11.4 Å². The highest BCUT2D eigenvalue weighted by Crippen LogP contribution is 2.19. The Morgan fingerprint density at radius 3 is 2.44 bits per heavy atom. The number of carbonyl (C=O) groups excluding carboxylic acids is 2. The van der Waals surface area contributed by atoms with Gasteiger partial charge in [0.25, 0.3) is 11.6 Å². The van der Waals surface area contributed by atoms with Crippen LogP contribution in [-0.4, -0.2) is 29.6 Å². The molecule has 0 atom stereocenters. The summed E-state index contributed by atoms with van der Waals surface area (Å²) in [6.07, 6.45) is 1.37. The first-order valence-electron chi connectivity index (χ1n) is 9.61. The van der Waals surface area contributed by atoms with Crippen LogP contribution in [0, 0.1) is 17.0 Å². The SMILES string of the molecule is Cc1ccccc1NCC(=O)N/N=C/c1ccccc1OC(=O)c1ccc([N+](=O)[O-])cc1. The summed E-state index contributed by atoms with van der Waals surface area (Å²) in [6.45, 7) is 1.98. The molecule has 2 N–H and O–H groups in total. The van der Waals surface area contributed by atoms with E-state index in [1.807, 2.05) is 31.2 Å². The van der Waals surface area contributed by atoms with Crippen molar-refractivity contribution in [1.82, 2.24) is 5.43 Å². The smallest absolute Gasteiger partial charge is 0.343 e. The number of aryl methyl sites for hydroxylation is 1. The Labute approximate surface area is 183 Å². The Morgan fingerprint density at radius 1 is 1.03 bits per heavy atom. The minimum absolute atomic E-state index is 0.0406. The predicted molar refractivity (Wildman–Crippen MR) is 120 cm³/mol. The van der Waals surface area contributed by atoms with Crippen molar-refractivity contribution in [3.8, 4) is 5.75 Å². The third-order valence-corrected chi connectivity index (χ3v) is 4.41. The van der Waals surface area contributed by atoms with Crippen molar-refractivity contribution in [2.45, 2.75) is 6.92 Å². The maximum atomic E-state index is 12.4. The topological polar surface area (TPSA) is 123 Å². The van der Waals surface area contributed by atoms with E-state index in [4.69, 9.17) is 4.74 Å². The molecule has 3 aromatic carbocycles. The van der Waals surface area contributed by atoms with Gasteiger partial charge in [0.15, 0.2) is 0 Å². The van der Waals surface area contributed by atoms with Crippen LogP contribution < -0.4 is 15.5 Å². The second-order valence-corrected chi connectivity index (χ2v) is 6.69. The Bertz CT molecular complexity index is 1160. The molecule has 0 aliphatic heterocycles.